The van der Waals surface area contributed by atoms with Crippen LogP contribution in [0, 0.1) is 12.8 Å². The maximum Gasteiger partial charge on any atom is 0.291 e. The van der Waals surface area contributed by atoms with Crippen LogP contribution >= 0.6 is 11.3 Å². The third-order valence-electron chi connectivity index (χ3n) is 4.49. The first-order valence-electron chi connectivity index (χ1n) is 8.15. The zero-order chi connectivity index (χ0) is 16.8. The maximum absolute atomic E-state index is 12.1. The van der Waals surface area contributed by atoms with Crippen LogP contribution in [0.4, 0.5) is 0 Å². The Bertz CT molecular complexity index is 945. The third kappa shape index (κ3) is 2.37. The molecule has 0 saturated carbocycles. The molecule has 1 atom stereocenters. The number of fused-ring (bicyclic) bond motifs is 5. The van der Waals surface area contributed by atoms with Crippen molar-refractivity contribution in [3.63, 3.8) is 0 Å². The van der Waals surface area contributed by atoms with E-state index in [1.165, 1.54) is 16.9 Å². The number of thiophene rings is 1. The van der Waals surface area contributed by atoms with E-state index in [9.17, 15) is 4.79 Å². The number of nitrogens with one attached hydrogen (secondary N) is 1. The molecule has 1 amide bonds. The average molecular weight is 345 g/mol. The molecule has 1 aliphatic carbocycles. The Labute approximate surface area is 142 Å². The van der Waals surface area contributed by atoms with Gasteiger partial charge in [0.25, 0.3) is 5.91 Å². The van der Waals surface area contributed by atoms with Gasteiger partial charge < -0.3 is 10.4 Å². The van der Waals surface area contributed by atoms with Crippen molar-refractivity contribution in [2.75, 3.05) is 13.2 Å². The van der Waals surface area contributed by atoms with Gasteiger partial charge in [0.1, 0.15) is 10.7 Å². The quantitative estimate of drug-likeness (QED) is 0.750. The van der Waals surface area contributed by atoms with Gasteiger partial charge in [0.2, 0.25) is 5.82 Å². The molecule has 0 radical (unpaired) electrons. The second-order valence-electron chi connectivity index (χ2n) is 6.34. The van der Waals surface area contributed by atoms with Crippen molar-refractivity contribution in [1.29, 1.82) is 0 Å². The fourth-order valence-corrected chi connectivity index (χ4v) is 4.55. The van der Waals surface area contributed by atoms with Crippen molar-refractivity contribution in [3.8, 4) is 0 Å². The Hall–Kier alpha value is -2.06. The largest absolute Gasteiger partial charge is 0.395 e. The summed E-state index contributed by atoms with van der Waals surface area (Å²) in [4.78, 5) is 23.6. The van der Waals surface area contributed by atoms with Crippen molar-refractivity contribution in [1.82, 2.24) is 24.9 Å². The summed E-state index contributed by atoms with van der Waals surface area (Å²) in [7, 11) is 0. The lowest BCUT2D eigenvalue weighted by molar-refractivity contribution is 0.0934. The van der Waals surface area contributed by atoms with Crippen LogP contribution in [0.2, 0.25) is 0 Å². The minimum atomic E-state index is -0.377. The number of aliphatic hydroxyl groups excluding tert-OH is 1. The topological polar surface area (TPSA) is 92.4 Å². The van der Waals surface area contributed by atoms with E-state index < -0.39 is 0 Å². The van der Waals surface area contributed by atoms with Gasteiger partial charge >= 0.3 is 0 Å². The number of nitrogens with zero attached hydrogens (tertiary/aromatic N) is 4. The summed E-state index contributed by atoms with van der Waals surface area (Å²) in [5.41, 5.74) is 2.03. The molecular formula is C16H19N5O2S. The molecule has 126 valence electrons. The van der Waals surface area contributed by atoms with E-state index in [0.29, 0.717) is 11.6 Å². The number of carbonyl (C=O) groups is 1. The molecule has 2 N–H and O–H groups in total. The minimum Gasteiger partial charge on any atom is -0.395 e. The van der Waals surface area contributed by atoms with Crippen LogP contribution in [0.15, 0.2) is 0 Å². The van der Waals surface area contributed by atoms with E-state index in [4.69, 9.17) is 5.11 Å². The molecule has 3 aromatic heterocycles. The highest BCUT2D eigenvalue weighted by molar-refractivity contribution is 7.19. The minimum absolute atomic E-state index is 0.111. The van der Waals surface area contributed by atoms with Gasteiger partial charge in [-0.2, -0.15) is 4.52 Å². The number of hydrogen-bond donors (Lipinski definition) is 2. The van der Waals surface area contributed by atoms with Crippen LogP contribution in [0.3, 0.4) is 0 Å². The number of hydrogen-bond acceptors (Lipinski definition) is 6. The molecule has 3 heterocycles. The zero-order valence-electron chi connectivity index (χ0n) is 13.7. The van der Waals surface area contributed by atoms with Gasteiger partial charge in [-0.15, -0.1) is 16.4 Å². The standard InChI is InChI=1S/C16H19N5O2S/c1-8-3-4-11-10(7-8)12-14-19-13(15(23)17-5-6-22)20-21(14)9(2)18-16(12)24-11/h8,22H,3-7H2,1-2H3,(H,17,23)/t8-/m1/s1. The van der Waals surface area contributed by atoms with Crippen molar-refractivity contribution in [3.05, 3.63) is 22.1 Å². The zero-order valence-corrected chi connectivity index (χ0v) is 14.5. The Morgan fingerprint density at radius 2 is 2.29 bits per heavy atom. The first-order valence-corrected chi connectivity index (χ1v) is 8.96. The second-order valence-corrected chi connectivity index (χ2v) is 7.42. The molecule has 0 fully saturated rings. The molecule has 8 heteroatoms. The third-order valence-corrected chi connectivity index (χ3v) is 5.68. The van der Waals surface area contributed by atoms with Crippen molar-refractivity contribution in [2.45, 2.75) is 33.1 Å². The van der Waals surface area contributed by atoms with Crippen molar-refractivity contribution in [2.24, 2.45) is 5.92 Å². The Morgan fingerprint density at radius 1 is 1.46 bits per heavy atom. The average Bonchev–Trinajstić information content (AvgIpc) is 3.13. The molecule has 0 aliphatic heterocycles. The molecule has 0 aromatic carbocycles. The van der Waals surface area contributed by atoms with E-state index in [2.05, 4.69) is 27.3 Å². The molecule has 4 rings (SSSR count). The normalized spacial score (nSPS) is 17.4. The monoisotopic (exact) mass is 345 g/mol. The van der Waals surface area contributed by atoms with Crippen LogP contribution in [0.5, 0.6) is 0 Å². The predicted octanol–water partition coefficient (Wildman–Crippen LogP) is 1.49. The number of carbonyl (C=O) groups excluding carboxylic acids is 1. The Balaban J connectivity index is 1.91. The van der Waals surface area contributed by atoms with Crippen molar-refractivity contribution >= 4 is 33.1 Å². The maximum atomic E-state index is 12.1. The van der Waals surface area contributed by atoms with Gasteiger partial charge in [-0.05, 0) is 37.7 Å². The predicted molar refractivity (Wildman–Crippen MR) is 91.5 cm³/mol. The molecule has 0 bridgehead atoms. The molecule has 7 nitrogen and oxygen atoms in total. The van der Waals surface area contributed by atoms with Crippen LogP contribution < -0.4 is 5.32 Å². The summed E-state index contributed by atoms with van der Waals surface area (Å²) in [5, 5.41) is 16.8. The van der Waals surface area contributed by atoms with Crippen LogP contribution in [-0.2, 0) is 12.8 Å². The Kier molecular flexibility index (Phi) is 3.73. The van der Waals surface area contributed by atoms with E-state index in [-0.39, 0.29) is 24.9 Å². The lowest BCUT2D eigenvalue weighted by Crippen LogP contribution is -2.27. The lowest BCUT2D eigenvalue weighted by atomic mass is 9.89. The van der Waals surface area contributed by atoms with E-state index in [1.807, 2.05) is 6.92 Å². The highest BCUT2D eigenvalue weighted by Crippen LogP contribution is 2.38. The van der Waals surface area contributed by atoms with Gasteiger partial charge in [0, 0.05) is 11.4 Å². The van der Waals surface area contributed by atoms with E-state index >= 15 is 0 Å². The molecule has 24 heavy (non-hydrogen) atoms. The highest BCUT2D eigenvalue weighted by atomic mass is 32.1. The Morgan fingerprint density at radius 3 is 3.08 bits per heavy atom. The summed E-state index contributed by atoms with van der Waals surface area (Å²) in [6, 6.07) is 0. The van der Waals surface area contributed by atoms with E-state index in [0.717, 1.165) is 28.9 Å². The summed E-state index contributed by atoms with van der Waals surface area (Å²) in [6.07, 6.45) is 3.31. The second kappa shape index (κ2) is 5.78. The van der Waals surface area contributed by atoms with Gasteiger partial charge in [0.15, 0.2) is 5.65 Å². The fraction of sp³-hybridized carbons (Fsp3) is 0.500. The van der Waals surface area contributed by atoms with Crippen LogP contribution in [-0.4, -0.2) is 43.7 Å². The van der Waals surface area contributed by atoms with E-state index in [1.54, 1.807) is 15.9 Å². The summed E-state index contributed by atoms with van der Waals surface area (Å²) in [5.74, 6) is 1.10. The van der Waals surface area contributed by atoms with Crippen LogP contribution in [0.25, 0.3) is 15.9 Å². The number of rotatable bonds is 3. The van der Waals surface area contributed by atoms with Gasteiger partial charge in [-0.3, -0.25) is 4.79 Å². The van der Waals surface area contributed by atoms with Crippen LogP contribution in [0.1, 0.15) is 40.2 Å². The molecule has 1 aliphatic rings. The number of aromatic nitrogens is 4. The summed E-state index contributed by atoms with van der Waals surface area (Å²) < 4.78 is 1.66. The molecule has 0 unspecified atom stereocenters. The number of aryl methyl sites for hydroxylation is 2. The fourth-order valence-electron chi connectivity index (χ4n) is 3.29. The first-order chi connectivity index (χ1) is 11.6. The smallest absolute Gasteiger partial charge is 0.291 e. The first kappa shape index (κ1) is 15.5. The molecule has 0 saturated heterocycles. The van der Waals surface area contributed by atoms with Gasteiger partial charge in [-0.1, -0.05) is 6.92 Å². The summed E-state index contributed by atoms with van der Waals surface area (Å²) >= 11 is 1.74. The van der Waals surface area contributed by atoms with Gasteiger partial charge in [-0.25, -0.2) is 9.97 Å². The summed E-state index contributed by atoms with van der Waals surface area (Å²) in [6.45, 7) is 4.22. The van der Waals surface area contributed by atoms with Crippen molar-refractivity contribution < 1.29 is 9.90 Å². The lowest BCUT2D eigenvalue weighted by Gasteiger charge is -2.17. The molecule has 3 aromatic rings. The molecular weight excluding hydrogens is 326 g/mol. The highest BCUT2D eigenvalue weighted by Gasteiger charge is 2.25. The number of amides is 1. The molecule has 0 spiro atoms. The number of aliphatic hydroxyl groups is 1. The SMILES string of the molecule is Cc1nc2sc3c(c2c2nc(C(=O)NCCO)nn12)C[C@H](C)CC3. The van der Waals surface area contributed by atoms with Gasteiger partial charge in [0.05, 0.1) is 12.0 Å².